The summed E-state index contributed by atoms with van der Waals surface area (Å²) in [6.45, 7) is 1.97. The van der Waals surface area contributed by atoms with Crippen LogP contribution in [0.4, 0.5) is 4.39 Å². The van der Waals surface area contributed by atoms with E-state index >= 15 is 0 Å². The lowest BCUT2D eigenvalue weighted by atomic mass is 9.93. The maximum Gasteiger partial charge on any atom is 0.338 e. The van der Waals surface area contributed by atoms with Gasteiger partial charge in [-0.25, -0.2) is 14.2 Å². The van der Waals surface area contributed by atoms with Gasteiger partial charge in [0.25, 0.3) is 5.56 Å². The molecular weight excluding hydrogens is 619 g/mol. The molecule has 0 spiro atoms. The zero-order chi connectivity index (χ0) is 32.9. The molecule has 8 nitrogen and oxygen atoms in total. The van der Waals surface area contributed by atoms with Crippen LogP contribution in [0.3, 0.4) is 0 Å². The first-order valence-corrected chi connectivity index (χ1v) is 15.7. The predicted octanol–water partition coefficient (Wildman–Crippen LogP) is 5.67. The number of rotatable bonds is 10. The molecule has 5 aromatic rings. The quantitative estimate of drug-likeness (QED) is 0.181. The molecule has 1 aliphatic rings. The molecule has 238 valence electrons. The highest BCUT2D eigenvalue weighted by Gasteiger charge is 2.35. The molecule has 2 heterocycles. The molecule has 0 unspecified atom stereocenters. The van der Waals surface area contributed by atoms with E-state index in [9.17, 15) is 14.0 Å². The third-order valence-corrected chi connectivity index (χ3v) is 8.61. The minimum absolute atomic E-state index is 0.0906. The van der Waals surface area contributed by atoms with E-state index in [1.807, 2.05) is 42.5 Å². The highest BCUT2D eigenvalue weighted by Crippen LogP contribution is 2.38. The highest BCUT2D eigenvalue weighted by atomic mass is 32.1. The number of fused-ring (bicyclic) bond motifs is 1. The summed E-state index contributed by atoms with van der Waals surface area (Å²) in [5.41, 5.74) is 2.89. The van der Waals surface area contributed by atoms with Gasteiger partial charge >= 0.3 is 5.97 Å². The summed E-state index contributed by atoms with van der Waals surface area (Å²) in [6.07, 6.45) is 1.77. The van der Waals surface area contributed by atoms with Crippen molar-refractivity contribution in [3.8, 4) is 17.2 Å². The second kappa shape index (κ2) is 13.9. The van der Waals surface area contributed by atoms with E-state index in [1.165, 1.54) is 29.1 Å². The lowest BCUT2D eigenvalue weighted by Gasteiger charge is -2.26. The highest BCUT2D eigenvalue weighted by molar-refractivity contribution is 7.07. The molecule has 10 heteroatoms. The molecule has 47 heavy (non-hydrogen) atoms. The van der Waals surface area contributed by atoms with E-state index in [2.05, 4.69) is 0 Å². The summed E-state index contributed by atoms with van der Waals surface area (Å²) >= 11 is 1.22. The second-order valence-corrected chi connectivity index (χ2v) is 11.5. The molecule has 1 atom stereocenters. The number of carbonyl (C=O) groups excluding carboxylic acids is 1. The van der Waals surface area contributed by atoms with Gasteiger partial charge in [-0.1, -0.05) is 78.1 Å². The number of halogens is 1. The molecule has 0 saturated carbocycles. The van der Waals surface area contributed by atoms with Gasteiger partial charge in [0, 0.05) is 11.1 Å². The van der Waals surface area contributed by atoms with Crippen LogP contribution in [0, 0.1) is 5.82 Å². The normalized spacial score (nSPS) is 14.3. The van der Waals surface area contributed by atoms with Gasteiger partial charge in [0.15, 0.2) is 16.3 Å². The Hall–Kier alpha value is -5.48. The fraction of sp³-hybridized carbons (Fsp3) is 0.162. The van der Waals surface area contributed by atoms with Gasteiger partial charge in [-0.3, -0.25) is 9.36 Å². The molecule has 4 aromatic carbocycles. The number of nitrogens with zero attached hydrogens (tertiary/aromatic N) is 2. The molecule has 0 bridgehead atoms. The van der Waals surface area contributed by atoms with Gasteiger partial charge in [0.2, 0.25) is 0 Å². The van der Waals surface area contributed by atoms with Gasteiger partial charge in [-0.05, 0) is 54.5 Å². The Bertz CT molecular complexity index is 2140. The van der Waals surface area contributed by atoms with E-state index < -0.39 is 12.0 Å². The SMILES string of the molecule is CCOC(=O)C1=C(c2ccccc2)N=c2s/c(=C\c3ccc(OCc4ccccc4F)cc3)c(=O)n2[C@@H]1c1ccc(OC)c(OC)c1. The van der Waals surface area contributed by atoms with Crippen molar-refractivity contribution in [1.29, 1.82) is 0 Å². The van der Waals surface area contributed by atoms with Crippen LogP contribution in [0.2, 0.25) is 0 Å². The van der Waals surface area contributed by atoms with Gasteiger partial charge in [0.1, 0.15) is 18.2 Å². The molecule has 6 rings (SSSR count). The van der Waals surface area contributed by atoms with Gasteiger partial charge in [0.05, 0.1) is 42.7 Å². The van der Waals surface area contributed by atoms with Crippen molar-refractivity contribution in [2.75, 3.05) is 20.8 Å². The number of ether oxygens (including phenoxy) is 4. The minimum atomic E-state index is -0.864. The number of esters is 1. The van der Waals surface area contributed by atoms with E-state index in [-0.39, 0.29) is 30.2 Å². The van der Waals surface area contributed by atoms with Gasteiger partial charge in [-0.15, -0.1) is 0 Å². The van der Waals surface area contributed by atoms with E-state index in [1.54, 1.807) is 68.6 Å². The number of hydrogen-bond donors (Lipinski definition) is 0. The van der Waals surface area contributed by atoms with Crippen LogP contribution in [-0.4, -0.2) is 31.4 Å². The van der Waals surface area contributed by atoms with Gasteiger partial charge < -0.3 is 18.9 Å². The molecule has 0 radical (unpaired) electrons. The Labute approximate surface area is 274 Å². The van der Waals surface area contributed by atoms with E-state index in [0.717, 1.165) is 5.56 Å². The summed E-state index contributed by atoms with van der Waals surface area (Å²) in [4.78, 5) is 33.2. The largest absolute Gasteiger partial charge is 0.493 e. The summed E-state index contributed by atoms with van der Waals surface area (Å²) in [5.74, 6) is 0.621. The Morgan fingerprint density at radius 2 is 1.66 bits per heavy atom. The summed E-state index contributed by atoms with van der Waals surface area (Å²) in [5, 5.41) is 0. The smallest absolute Gasteiger partial charge is 0.338 e. The maximum absolute atomic E-state index is 14.2. The van der Waals surface area contributed by atoms with E-state index in [4.69, 9.17) is 23.9 Å². The number of aromatic nitrogens is 1. The average Bonchev–Trinajstić information content (AvgIpc) is 3.41. The Morgan fingerprint density at radius 3 is 2.36 bits per heavy atom. The molecule has 0 N–H and O–H groups in total. The van der Waals surface area contributed by atoms with Crippen LogP contribution >= 0.6 is 11.3 Å². The molecular formula is C37H31FN2O6S. The second-order valence-electron chi connectivity index (χ2n) is 10.5. The summed E-state index contributed by atoms with van der Waals surface area (Å²) in [7, 11) is 3.07. The molecule has 0 saturated heterocycles. The van der Waals surface area contributed by atoms with Crippen LogP contribution in [0.25, 0.3) is 11.8 Å². The summed E-state index contributed by atoms with van der Waals surface area (Å²) in [6, 6.07) is 27.4. The van der Waals surface area contributed by atoms with Crippen molar-refractivity contribution in [3.05, 3.63) is 150 Å². The van der Waals surface area contributed by atoms with Crippen LogP contribution in [0.15, 0.2) is 112 Å². The average molecular weight is 651 g/mol. The first-order valence-electron chi connectivity index (χ1n) is 14.9. The maximum atomic E-state index is 14.2. The van der Waals surface area contributed by atoms with Crippen molar-refractivity contribution in [1.82, 2.24) is 4.57 Å². The predicted molar refractivity (Wildman–Crippen MR) is 178 cm³/mol. The van der Waals surface area contributed by atoms with Crippen molar-refractivity contribution < 1.29 is 28.1 Å². The lowest BCUT2D eigenvalue weighted by molar-refractivity contribution is -0.138. The number of hydrogen-bond acceptors (Lipinski definition) is 8. The van der Waals surface area contributed by atoms with Crippen LogP contribution < -0.4 is 29.1 Å². The topological polar surface area (TPSA) is 88.4 Å². The third-order valence-electron chi connectivity index (χ3n) is 7.63. The number of thiazole rings is 1. The summed E-state index contributed by atoms with van der Waals surface area (Å²) < 4.78 is 38.3. The first kappa shape index (κ1) is 31.5. The first-order chi connectivity index (χ1) is 22.9. The van der Waals surface area contributed by atoms with Crippen LogP contribution in [0.1, 0.15) is 35.2 Å². The monoisotopic (exact) mass is 650 g/mol. The van der Waals surface area contributed by atoms with Gasteiger partial charge in [-0.2, -0.15) is 0 Å². The van der Waals surface area contributed by atoms with Crippen LogP contribution in [-0.2, 0) is 16.1 Å². The van der Waals surface area contributed by atoms with E-state index in [0.29, 0.717) is 49.0 Å². The van der Waals surface area contributed by atoms with Crippen molar-refractivity contribution in [2.24, 2.45) is 4.99 Å². The number of benzene rings is 4. The lowest BCUT2D eigenvalue weighted by Crippen LogP contribution is -2.40. The number of methoxy groups -OCH3 is 2. The minimum Gasteiger partial charge on any atom is -0.493 e. The Kier molecular flexibility index (Phi) is 9.30. The fourth-order valence-electron chi connectivity index (χ4n) is 5.37. The zero-order valence-corrected chi connectivity index (χ0v) is 26.8. The fourth-order valence-corrected chi connectivity index (χ4v) is 6.37. The van der Waals surface area contributed by atoms with Crippen LogP contribution in [0.5, 0.6) is 17.2 Å². The number of carbonyl (C=O) groups is 1. The third kappa shape index (κ3) is 6.45. The van der Waals surface area contributed by atoms with Crippen molar-refractivity contribution in [3.63, 3.8) is 0 Å². The van der Waals surface area contributed by atoms with Crippen molar-refractivity contribution >= 4 is 29.1 Å². The molecule has 0 aliphatic carbocycles. The molecule has 0 amide bonds. The molecule has 1 aromatic heterocycles. The molecule has 1 aliphatic heterocycles. The molecule has 0 fully saturated rings. The zero-order valence-electron chi connectivity index (χ0n) is 25.9. The standard InChI is InChI=1S/C37H31FN2O6S/c1-4-45-36(42)32-33(24-10-6-5-7-11-24)39-37-40(34(32)25-16-19-29(43-2)30(21-25)44-3)35(41)31(47-37)20-23-14-17-27(18-15-23)46-22-26-12-8-9-13-28(26)38/h5-21,34H,4,22H2,1-3H3/b31-20-/t34-/m1/s1. The van der Waals surface area contributed by atoms with Crippen molar-refractivity contribution in [2.45, 2.75) is 19.6 Å². The Morgan fingerprint density at radius 1 is 0.936 bits per heavy atom. The Balaban J connectivity index is 1.47.